The third-order valence-corrected chi connectivity index (χ3v) is 5.94. The molecule has 1 fully saturated rings. The molecule has 1 atom stereocenters. The van der Waals surface area contributed by atoms with E-state index in [1.54, 1.807) is 34.9 Å². The van der Waals surface area contributed by atoms with Crippen LogP contribution in [-0.4, -0.2) is 23.2 Å². The monoisotopic (exact) mass is 408 g/mol. The highest BCUT2D eigenvalue weighted by molar-refractivity contribution is 7.99. The number of nitrogens with zero attached hydrogens (tertiary/aromatic N) is 1. The first-order valence-electron chi connectivity index (χ1n) is 9.41. The van der Waals surface area contributed by atoms with Crippen molar-refractivity contribution < 1.29 is 13.9 Å². The molecule has 0 spiro atoms. The lowest BCUT2D eigenvalue weighted by molar-refractivity contribution is 0.214. The summed E-state index contributed by atoms with van der Waals surface area (Å²) in [7, 11) is 0. The third kappa shape index (κ3) is 4.71. The van der Waals surface area contributed by atoms with Crippen molar-refractivity contribution in [2.45, 2.75) is 12.0 Å². The standard InChI is InChI=1S/C23H21FN2O2S/c24-20-8-4-5-9-21(20)25-23(27)26-14-15-29-22(26)18-10-12-19(13-11-18)28-16-17-6-2-1-3-7-17/h1-13,22H,14-16H2,(H,25,27). The first-order valence-corrected chi connectivity index (χ1v) is 10.5. The number of carbonyl (C=O) groups is 1. The number of ether oxygens (including phenoxy) is 1. The quantitative estimate of drug-likeness (QED) is 0.590. The molecule has 1 heterocycles. The van der Waals surface area contributed by atoms with Gasteiger partial charge in [-0.3, -0.25) is 0 Å². The number of rotatable bonds is 5. The Kier molecular flexibility index (Phi) is 6.00. The summed E-state index contributed by atoms with van der Waals surface area (Å²) >= 11 is 1.69. The smallest absolute Gasteiger partial charge is 0.323 e. The lowest BCUT2D eigenvalue weighted by atomic mass is 10.2. The number of hydrogen-bond donors (Lipinski definition) is 1. The molecule has 148 valence electrons. The topological polar surface area (TPSA) is 41.6 Å². The van der Waals surface area contributed by atoms with Gasteiger partial charge in [-0.25, -0.2) is 9.18 Å². The lowest BCUT2D eigenvalue weighted by Gasteiger charge is -2.24. The Labute approximate surface area is 173 Å². The molecule has 1 saturated heterocycles. The highest BCUT2D eigenvalue weighted by atomic mass is 32.2. The second-order valence-electron chi connectivity index (χ2n) is 6.67. The molecule has 3 aromatic carbocycles. The first kappa shape index (κ1) is 19.3. The van der Waals surface area contributed by atoms with Gasteiger partial charge in [0.15, 0.2) is 0 Å². The van der Waals surface area contributed by atoms with Crippen molar-refractivity contribution >= 4 is 23.5 Å². The molecule has 2 amide bonds. The maximum Gasteiger partial charge on any atom is 0.323 e. The number of anilines is 1. The molecule has 0 saturated carbocycles. The molecule has 4 rings (SSSR count). The summed E-state index contributed by atoms with van der Waals surface area (Å²) < 4.78 is 19.7. The van der Waals surface area contributed by atoms with Gasteiger partial charge in [0, 0.05) is 12.3 Å². The first-order chi connectivity index (χ1) is 14.2. The summed E-state index contributed by atoms with van der Waals surface area (Å²) in [5.74, 6) is 1.17. The van der Waals surface area contributed by atoms with Crippen molar-refractivity contribution in [3.8, 4) is 5.75 Å². The van der Waals surface area contributed by atoms with E-state index in [1.165, 1.54) is 6.07 Å². The molecule has 0 radical (unpaired) electrons. The summed E-state index contributed by atoms with van der Waals surface area (Å²) in [5.41, 5.74) is 2.32. The molecule has 1 N–H and O–H groups in total. The maximum atomic E-state index is 13.8. The molecule has 4 nitrogen and oxygen atoms in total. The SMILES string of the molecule is O=C(Nc1ccccc1F)N1CCSC1c1ccc(OCc2ccccc2)cc1. The zero-order valence-corrected chi connectivity index (χ0v) is 16.6. The van der Waals surface area contributed by atoms with Crippen LogP contribution in [0.5, 0.6) is 5.75 Å². The van der Waals surface area contributed by atoms with Gasteiger partial charge in [0.1, 0.15) is 23.5 Å². The minimum absolute atomic E-state index is 0.107. The molecule has 1 unspecified atom stereocenters. The van der Waals surface area contributed by atoms with Gasteiger partial charge >= 0.3 is 6.03 Å². The molecule has 0 bridgehead atoms. The zero-order chi connectivity index (χ0) is 20.1. The van der Waals surface area contributed by atoms with Crippen LogP contribution in [0.25, 0.3) is 0 Å². The minimum atomic E-state index is -0.441. The van der Waals surface area contributed by atoms with Gasteiger partial charge < -0.3 is 15.0 Å². The summed E-state index contributed by atoms with van der Waals surface area (Å²) in [4.78, 5) is 14.4. The summed E-state index contributed by atoms with van der Waals surface area (Å²) in [6.45, 7) is 1.12. The van der Waals surface area contributed by atoms with E-state index in [0.29, 0.717) is 13.2 Å². The van der Waals surface area contributed by atoms with Crippen LogP contribution < -0.4 is 10.1 Å². The van der Waals surface area contributed by atoms with Gasteiger partial charge in [-0.05, 0) is 35.4 Å². The summed E-state index contributed by atoms with van der Waals surface area (Å²) in [6.07, 6.45) is 0. The summed E-state index contributed by atoms with van der Waals surface area (Å²) in [5, 5.41) is 2.57. The number of para-hydroxylation sites is 1. The molecular formula is C23H21FN2O2S. The fourth-order valence-corrected chi connectivity index (χ4v) is 4.43. The number of carbonyl (C=O) groups excluding carboxylic acids is 1. The van der Waals surface area contributed by atoms with Gasteiger partial charge in [0.2, 0.25) is 0 Å². The average molecular weight is 408 g/mol. The molecule has 6 heteroatoms. The van der Waals surface area contributed by atoms with Crippen LogP contribution in [0.15, 0.2) is 78.9 Å². The van der Waals surface area contributed by atoms with E-state index in [0.717, 1.165) is 22.6 Å². The molecule has 1 aliphatic rings. The number of hydrogen-bond acceptors (Lipinski definition) is 3. The normalized spacial score (nSPS) is 15.9. The number of urea groups is 1. The van der Waals surface area contributed by atoms with Crippen LogP contribution in [0, 0.1) is 5.82 Å². The highest BCUT2D eigenvalue weighted by Crippen LogP contribution is 2.38. The molecule has 0 aromatic heterocycles. The Hall–Kier alpha value is -2.99. The molecule has 29 heavy (non-hydrogen) atoms. The Bertz CT molecular complexity index is 966. The van der Waals surface area contributed by atoms with E-state index in [2.05, 4.69) is 5.32 Å². The van der Waals surface area contributed by atoms with E-state index in [1.807, 2.05) is 54.6 Å². The Morgan fingerprint density at radius 2 is 1.76 bits per heavy atom. The predicted octanol–water partition coefficient (Wildman–Crippen LogP) is 5.68. The maximum absolute atomic E-state index is 13.8. The van der Waals surface area contributed by atoms with E-state index in [-0.39, 0.29) is 17.1 Å². The van der Waals surface area contributed by atoms with Crippen LogP contribution in [-0.2, 0) is 6.61 Å². The van der Waals surface area contributed by atoms with Crippen LogP contribution >= 0.6 is 11.8 Å². The molecular weight excluding hydrogens is 387 g/mol. The lowest BCUT2D eigenvalue weighted by Crippen LogP contribution is -2.34. The van der Waals surface area contributed by atoms with Crippen LogP contribution in [0.3, 0.4) is 0 Å². The van der Waals surface area contributed by atoms with Crippen LogP contribution in [0.1, 0.15) is 16.5 Å². The Morgan fingerprint density at radius 1 is 1.03 bits per heavy atom. The number of benzene rings is 3. The average Bonchev–Trinajstić information content (AvgIpc) is 3.25. The van der Waals surface area contributed by atoms with Gasteiger partial charge in [0.05, 0.1) is 5.69 Å². The second kappa shape index (κ2) is 9.01. The van der Waals surface area contributed by atoms with Crippen molar-refractivity contribution in [3.05, 3.63) is 95.8 Å². The molecule has 3 aromatic rings. The van der Waals surface area contributed by atoms with Gasteiger partial charge in [0.25, 0.3) is 0 Å². The largest absolute Gasteiger partial charge is 0.489 e. The van der Waals surface area contributed by atoms with E-state index in [9.17, 15) is 9.18 Å². The van der Waals surface area contributed by atoms with Crippen molar-refractivity contribution in [3.63, 3.8) is 0 Å². The van der Waals surface area contributed by atoms with Gasteiger partial charge in [-0.15, -0.1) is 11.8 Å². The number of amides is 2. The Balaban J connectivity index is 1.40. The van der Waals surface area contributed by atoms with Gasteiger partial charge in [-0.2, -0.15) is 0 Å². The van der Waals surface area contributed by atoms with Crippen molar-refractivity contribution in [2.24, 2.45) is 0 Å². The fourth-order valence-electron chi connectivity index (χ4n) is 3.17. The molecule has 1 aliphatic heterocycles. The van der Waals surface area contributed by atoms with Crippen LogP contribution in [0.4, 0.5) is 14.9 Å². The number of nitrogens with one attached hydrogen (secondary N) is 1. The predicted molar refractivity (Wildman–Crippen MR) is 115 cm³/mol. The Morgan fingerprint density at radius 3 is 2.52 bits per heavy atom. The van der Waals surface area contributed by atoms with Crippen molar-refractivity contribution in [1.29, 1.82) is 0 Å². The van der Waals surface area contributed by atoms with Gasteiger partial charge in [-0.1, -0.05) is 54.6 Å². The van der Waals surface area contributed by atoms with E-state index >= 15 is 0 Å². The van der Waals surface area contributed by atoms with E-state index < -0.39 is 5.82 Å². The molecule has 0 aliphatic carbocycles. The summed E-state index contributed by atoms with van der Waals surface area (Å²) in [6, 6.07) is 23.7. The minimum Gasteiger partial charge on any atom is -0.489 e. The van der Waals surface area contributed by atoms with Crippen LogP contribution in [0.2, 0.25) is 0 Å². The third-order valence-electron chi connectivity index (χ3n) is 4.68. The number of halogens is 1. The second-order valence-corrected chi connectivity index (χ2v) is 7.86. The highest BCUT2D eigenvalue weighted by Gasteiger charge is 2.31. The van der Waals surface area contributed by atoms with E-state index in [4.69, 9.17) is 4.74 Å². The number of thioether (sulfide) groups is 1. The van der Waals surface area contributed by atoms with Crippen molar-refractivity contribution in [2.75, 3.05) is 17.6 Å². The zero-order valence-electron chi connectivity index (χ0n) is 15.8. The fraction of sp³-hybridized carbons (Fsp3) is 0.174. The van der Waals surface area contributed by atoms with Crippen molar-refractivity contribution in [1.82, 2.24) is 4.90 Å².